The number of carbonyl (C=O) groups excluding carboxylic acids is 1. The normalized spacial score (nSPS) is 11.4. The molecule has 0 aromatic carbocycles. The van der Waals surface area contributed by atoms with Crippen LogP contribution in [0.5, 0.6) is 0 Å². The van der Waals surface area contributed by atoms with Crippen LogP contribution in [0.25, 0.3) is 0 Å². The molecule has 0 aliphatic carbocycles. The molecule has 0 aliphatic heterocycles. The topological polar surface area (TPSA) is 80.9 Å². The van der Waals surface area contributed by atoms with E-state index in [4.69, 9.17) is 5.73 Å². The Labute approximate surface area is 86.9 Å². The molecule has 0 radical (unpaired) electrons. The highest BCUT2D eigenvalue weighted by molar-refractivity contribution is 7.09. The van der Waals surface area contributed by atoms with Gasteiger partial charge in [-0.05, 0) is 0 Å². The summed E-state index contributed by atoms with van der Waals surface area (Å²) in [6, 6.07) is 0. The first kappa shape index (κ1) is 10.9. The number of hydrogen-bond donors (Lipinski definition) is 2. The molecule has 1 aromatic rings. The van der Waals surface area contributed by atoms with Crippen molar-refractivity contribution in [1.29, 1.82) is 0 Å². The zero-order valence-corrected chi connectivity index (χ0v) is 9.31. The number of rotatable bonds is 3. The van der Waals surface area contributed by atoms with Gasteiger partial charge in [-0.1, -0.05) is 20.8 Å². The first-order valence-electron chi connectivity index (χ1n) is 4.26. The molecule has 1 heterocycles. The van der Waals surface area contributed by atoms with E-state index in [0.29, 0.717) is 5.13 Å². The highest BCUT2D eigenvalue weighted by Crippen LogP contribution is 2.22. The van der Waals surface area contributed by atoms with Crippen LogP contribution in [0.4, 0.5) is 5.13 Å². The van der Waals surface area contributed by atoms with Crippen LogP contribution in [-0.2, 0) is 10.2 Å². The van der Waals surface area contributed by atoms with Gasteiger partial charge in [0.05, 0.1) is 6.54 Å². The van der Waals surface area contributed by atoms with Crippen LogP contribution in [0.3, 0.4) is 0 Å². The first-order valence-corrected chi connectivity index (χ1v) is 5.03. The number of amides is 1. The van der Waals surface area contributed by atoms with E-state index in [1.165, 1.54) is 11.5 Å². The van der Waals surface area contributed by atoms with Gasteiger partial charge in [-0.25, -0.2) is 4.98 Å². The van der Waals surface area contributed by atoms with E-state index in [-0.39, 0.29) is 12.0 Å². The lowest BCUT2D eigenvalue weighted by atomic mass is 9.96. The highest BCUT2D eigenvalue weighted by Gasteiger charge is 2.19. The monoisotopic (exact) mass is 214 g/mol. The molecule has 1 rings (SSSR count). The van der Waals surface area contributed by atoms with Gasteiger partial charge < -0.3 is 11.1 Å². The summed E-state index contributed by atoms with van der Waals surface area (Å²) in [6.07, 6.45) is 0. The average Bonchev–Trinajstić information content (AvgIpc) is 2.47. The predicted molar refractivity (Wildman–Crippen MR) is 56.3 cm³/mol. The van der Waals surface area contributed by atoms with E-state index < -0.39 is 5.91 Å². The Balaban J connectivity index is 2.64. The minimum atomic E-state index is -0.405. The molecule has 0 bridgehead atoms. The van der Waals surface area contributed by atoms with E-state index in [1.807, 2.05) is 20.8 Å². The maximum Gasteiger partial charge on any atom is 0.236 e. The Bertz CT molecular complexity index is 328. The highest BCUT2D eigenvalue weighted by atomic mass is 32.1. The number of aromatic nitrogens is 2. The third-order valence-electron chi connectivity index (χ3n) is 1.51. The molecule has 0 unspecified atom stereocenters. The molecule has 5 nitrogen and oxygen atoms in total. The summed E-state index contributed by atoms with van der Waals surface area (Å²) in [5.74, 6) is 0.368. The number of nitrogens with zero attached hydrogens (tertiary/aromatic N) is 2. The summed E-state index contributed by atoms with van der Waals surface area (Å²) in [7, 11) is 0. The molecule has 78 valence electrons. The van der Waals surface area contributed by atoms with Crippen molar-refractivity contribution < 1.29 is 4.79 Å². The Kier molecular flexibility index (Phi) is 3.05. The van der Waals surface area contributed by atoms with E-state index in [2.05, 4.69) is 14.7 Å². The van der Waals surface area contributed by atoms with Crippen molar-refractivity contribution in [2.45, 2.75) is 26.2 Å². The Hall–Kier alpha value is -1.17. The summed E-state index contributed by atoms with van der Waals surface area (Å²) < 4.78 is 4.18. The molecule has 0 saturated heterocycles. The Morgan fingerprint density at radius 1 is 1.57 bits per heavy atom. The first-order chi connectivity index (χ1) is 6.39. The number of hydrogen-bond acceptors (Lipinski definition) is 5. The van der Waals surface area contributed by atoms with Gasteiger partial charge in [-0.15, -0.1) is 0 Å². The fourth-order valence-corrected chi connectivity index (χ4v) is 1.51. The van der Waals surface area contributed by atoms with Gasteiger partial charge in [0, 0.05) is 16.9 Å². The zero-order valence-electron chi connectivity index (χ0n) is 8.50. The van der Waals surface area contributed by atoms with Crippen molar-refractivity contribution >= 4 is 22.6 Å². The van der Waals surface area contributed by atoms with Crippen LogP contribution >= 0.6 is 11.5 Å². The van der Waals surface area contributed by atoms with Crippen LogP contribution in [0, 0.1) is 0 Å². The van der Waals surface area contributed by atoms with Crippen LogP contribution in [0.2, 0.25) is 0 Å². The molecular formula is C8H14N4OS. The molecule has 0 fully saturated rings. The Morgan fingerprint density at radius 3 is 2.64 bits per heavy atom. The van der Waals surface area contributed by atoms with Gasteiger partial charge in [0.2, 0.25) is 11.0 Å². The summed E-state index contributed by atoms with van der Waals surface area (Å²) >= 11 is 1.24. The van der Waals surface area contributed by atoms with Crippen LogP contribution < -0.4 is 11.1 Å². The van der Waals surface area contributed by atoms with Crippen molar-refractivity contribution in [2.75, 3.05) is 11.9 Å². The third kappa shape index (κ3) is 2.95. The zero-order chi connectivity index (χ0) is 10.8. The molecule has 0 saturated carbocycles. The standard InChI is InChI=1S/C8H14N4OS/c1-8(2,3)6-11-7(14-12-6)10-4-5(9)13/h4H2,1-3H3,(H2,9,13)(H,10,11,12). The summed E-state index contributed by atoms with van der Waals surface area (Å²) in [5.41, 5.74) is 4.92. The van der Waals surface area contributed by atoms with Gasteiger partial charge in [0.15, 0.2) is 0 Å². The molecular weight excluding hydrogens is 200 g/mol. The number of primary amides is 1. The van der Waals surface area contributed by atoms with Crippen molar-refractivity contribution in [2.24, 2.45) is 5.73 Å². The van der Waals surface area contributed by atoms with Crippen molar-refractivity contribution in [3.05, 3.63) is 5.82 Å². The second kappa shape index (κ2) is 3.91. The van der Waals surface area contributed by atoms with E-state index in [9.17, 15) is 4.79 Å². The summed E-state index contributed by atoms with van der Waals surface area (Å²) in [4.78, 5) is 14.7. The second-order valence-corrected chi connectivity index (χ2v) is 4.74. The average molecular weight is 214 g/mol. The maximum atomic E-state index is 10.5. The largest absolute Gasteiger partial charge is 0.368 e. The summed E-state index contributed by atoms with van der Waals surface area (Å²) in [6.45, 7) is 6.20. The third-order valence-corrected chi connectivity index (χ3v) is 2.18. The van der Waals surface area contributed by atoms with Crippen LogP contribution in [0.1, 0.15) is 26.6 Å². The van der Waals surface area contributed by atoms with E-state index in [0.717, 1.165) is 5.82 Å². The van der Waals surface area contributed by atoms with E-state index >= 15 is 0 Å². The van der Waals surface area contributed by atoms with Gasteiger partial charge in [-0.3, -0.25) is 4.79 Å². The predicted octanol–water partition coefficient (Wildman–Crippen LogP) is 0.733. The number of nitrogens with two attached hydrogens (primary N) is 1. The van der Waals surface area contributed by atoms with E-state index in [1.54, 1.807) is 0 Å². The number of nitrogens with one attached hydrogen (secondary N) is 1. The minimum Gasteiger partial charge on any atom is -0.368 e. The van der Waals surface area contributed by atoms with Crippen molar-refractivity contribution in [1.82, 2.24) is 9.36 Å². The molecule has 0 aliphatic rings. The smallest absolute Gasteiger partial charge is 0.236 e. The van der Waals surface area contributed by atoms with Crippen molar-refractivity contribution in [3.8, 4) is 0 Å². The van der Waals surface area contributed by atoms with Crippen LogP contribution in [0.15, 0.2) is 0 Å². The lowest BCUT2D eigenvalue weighted by molar-refractivity contribution is -0.116. The van der Waals surface area contributed by atoms with Gasteiger partial charge in [0.25, 0.3) is 0 Å². The molecule has 0 spiro atoms. The fourth-order valence-electron chi connectivity index (χ4n) is 0.763. The number of carbonyl (C=O) groups is 1. The SMILES string of the molecule is CC(C)(C)c1nsc(NCC(N)=O)n1. The molecule has 14 heavy (non-hydrogen) atoms. The molecule has 3 N–H and O–H groups in total. The fraction of sp³-hybridized carbons (Fsp3) is 0.625. The molecule has 0 atom stereocenters. The lowest BCUT2D eigenvalue weighted by Gasteiger charge is -2.12. The Morgan fingerprint density at radius 2 is 2.21 bits per heavy atom. The van der Waals surface area contributed by atoms with Gasteiger partial charge >= 0.3 is 0 Å². The van der Waals surface area contributed by atoms with Gasteiger partial charge in [-0.2, -0.15) is 4.37 Å². The minimum absolute atomic E-state index is 0.0663. The second-order valence-electron chi connectivity index (χ2n) is 3.99. The summed E-state index contributed by atoms with van der Waals surface area (Å²) in [5, 5.41) is 3.44. The maximum absolute atomic E-state index is 10.5. The lowest BCUT2D eigenvalue weighted by Crippen LogP contribution is -2.21. The molecule has 6 heteroatoms. The van der Waals surface area contributed by atoms with Gasteiger partial charge in [0.1, 0.15) is 5.82 Å². The molecule has 1 amide bonds. The molecule has 1 aromatic heterocycles. The van der Waals surface area contributed by atoms with Crippen molar-refractivity contribution in [3.63, 3.8) is 0 Å². The quantitative estimate of drug-likeness (QED) is 0.777. The number of anilines is 1. The van der Waals surface area contributed by atoms with Crippen LogP contribution in [-0.4, -0.2) is 21.8 Å².